The molecule has 0 saturated carbocycles. The third-order valence-corrected chi connectivity index (χ3v) is 1.68. The lowest BCUT2D eigenvalue weighted by Crippen LogP contribution is -2.19. The average Bonchev–Trinajstić information content (AvgIpc) is 2.20. The van der Waals surface area contributed by atoms with Crippen LogP contribution in [0, 0.1) is 0 Å². The summed E-state index contributed by atoms with van der Waals surface area (Å²) < 4.78 is 10.2. The standard InChI is InChI=1S/C10H14N2O3/c1-14-6-7-15-9-4-2-8(3-5-9)12-10(11)13/h2-5H,6-7H2,1H3,(H3,11,12,13). The number of anilines is 1. The van der Waals surface area contributed by atoms with E-state index in [9.17, 15) is 4.79 Å². The summed E-state index contributed by atoms with van der Waals surface area (Å²) in [6, 6.07) is 6.35. The van der Waals surface area contributed by atoms with Crippen LogP contribution in [0.1, 0.15) is 0 Å². The lowest BCUT2D eigenvalue weighted by atomic mass is 10.3. The van der Waals surface area contributed by atoms with Crippen LogP contribution in [0.2, 0.25) is 0 Å². The van der Waals surface area contributed by atoms with Crippen LogP contribution in [0.5, 0.6) is 5.75 Å². The summed E-state index contributed by atoms with van der Waals surface area (Å²) >= 11 is 0. The summed E-state index contributed by atoms with van der Waals surface area (Å²) in [5, 5.41) is 2.46. The molecule has 82 valence electrons. The van der Waals surface area contributed by atoms with E-state index in [-0.39, 0.29) is 0 Å². The molecule has 15 heavy (non-hydrogen) atoms. The first kappa shape index (κ1) is 11.3. The van der Waals surface area contributed by atoms with Crippen molar-refractivity contribution in [3.05, 3.63) is 24.3 Å². The summed E-state index contributed by atoms with van der Waals surface area (Å²) in [6.45, 7) is 1.04. The van der Waals surface area contributed by atoms with Gasteiger partial charge in [0.1, 0.15) is 12.4 Å². The van der Waals surface area contributed by atoms with E-state index in [4.69, 9.17) is 15.2 Å². The minimum Gasteiger partial charge on any atom is -0.491 e. The minimum absolute atomic E-state index is 0.499. The van der Waals surface area contributed by atoms with Crippen molar-refractivity contribution in [1.82, 2.24) is 0 Å². The number of ether oxygens (including phenoxy) is 2. The van der Waals surface area contributed by atoms with Crippen molar-refractivity contribution < 1.29 is 14.3 Å². The Morgan fingerprint density at radius 1 is 1.33 bits per heavy atom. The van der Waals surface area contributed by atoms with Crippen LogP contribution in [0.3, 0.4) is 0 Å². The maximum atomic E-state index is 10.5. The molecule has 0 radical (unpaired) electrons. The topological polar surface area (TPSA) is 73.6 Å². The second kappa shape index (κ2) is 5.87. The predicted molar refractivity (Wildman–Crippen MR) is 57.0 cm³/mol. The van der Waals surface area contributed by atoms with Crippen molar-refractivity contribution in [2.75, 3.05) is 25.6 Å². The molecule has 5 nitrogen and oxygen atoms in total. The van der Waals surface area contributed by atoms with E-state index in [1.165, 1.54) is 0 Å². The smallest absolute Gasteiger partial charge is 0.316 e. The zero-order valence-electron chi connectivity index (χ0n) is 8.53. The van der Waals surface area contributed by atoms with Gasteiger partial charge in [-0.05, 0) is 24.3 Å². The van der Waals surface area contributed by atoms with Gasteiger partial charge in [-0.25, -0.2) is 4.79 Å². The molecular formula is C10H14N2O3. The minimum atomic E-state index is -0.581. The number of primary amides is 1. The van der Waals surface area contributed by atoms with E-state index in [1.807, 2.05) is 0 Å². The van der Waals surface area contributed by atoms with Crippen LogP contribution in [0.25, 0.3) is 0 Å². The molecular weight excluding hydrogens is 196 g/mol. The second-order valence-corrected chi connectivity index (χ2v) is 2.85. The normalized spacial score (nSPS) is 9.67. The SMILES string of the molecule is COCCOc1ccc(NC(N)=O)cc1. The molecule has 0 unspecified atom stereocenters. The van der Waals surface area contributed by atoms with Gasteiger partial charge in [0.05, 0.1) is 6.61 Å². The van der Waals surface area contributed by atoms with Gasteiger partial charge in [0.15, 0.2) is 0 Å². The van der Waals surface area contributed by atoms with E-state index in [2.05, 4.69) is 5.32 Å². The molecule has 2 amide bonds. The molecule has 0 spiro atoms. The molecule has 3 N–H and O–H groups in total. The van der Waals surface area contributed by atoms with Crippen LogP contribution in [-0.2, 0) is 4.74 Å². The number of carbonyl (C=O) groups is 1. The first-order chi connectivity index (χ1) is 7.22. The van der Waals surface area contributed by atoms with E-state index >= 15 is 0 Å². The Hall–Kier alpha value is -1.75. The van der Waals surface area contributed by atoms with E-state index in [1.54, 1.807) is 31.4 Å². The number of methoxy groups -OCH3 is 1. The zero-order valence-corrected chi connectivity index (χ0v) is 8.53. The van der Waals surface area contributed by atoms with Gasteiger partial charge < -0.3 is 20.5 Å². The summed E-state index contributed by atoms with van der Waals surface area (Å²) in [5.41, 5.74) is 5.60. The van der Waals surface area contributed by atoms with Crippen molar-refractivity contribution in [2.45, 2.75) is 0 Å². The van der Waals surface area contributed by atoms with Gasteiger partial charge in [-0.15, -0.1) is 0 Å². The van der Waals surface area contributed by atoms with Crippen molar-refractivity contribution in [3.8, 4) is 5.75 Å². The molecule has 0 fully saturated rings. The molecule has 5 heteroatoms. The Morgan fingerprint density at radius 3 is 2.53 bits per heavy atom. The van der Waals surface area contributed by atoms with Gasteiger partial charge in [0.2, 0.25) is 0 Å². The Balaban J connectivity index is 2.45. The number of hydrogen-bond donors (Lipinski definition) is 2. The molecule has 0 heterocycles. The average molecular weight is 210 g/mol. The fourth-order valence-corrected chi connectivity index (χ4v) is 1.02. The number of nitrogens with two attached hydrogens (primary N) is 1. The summed E-state index contributed by atoms with van der Waals surface area (Å²) in [6.07, 6.45) is 0. The third kappa shape index (κ3) is 4.33. The van der Waals surface area contributed by atoms with Gasteiger partial charge in [-0.2, -0.15) is 0 Å². The highest BCUT2D eigenvalue weighted by Gasteiger charge is 1.97. The second-order valence-electron chi connectivity index (χ2n) is 2.85. The number of benzene rings is 1. The van der Waals surface area contributed by atoms with Crippen LogP contribution in [0.15, 0.2) is 24.3 Å². The molecule has 1 rings (SSSR count). The highest BCUT2D eigenvalue weighted by molar-refractivity contribution is 5.87. The van der Waals surface area contributed by atoms with Crippen LogP contribution < -0.4 is 15.8 Å². The van der Waals surface area contributed by atoms with Crippen LogP contribution >= 0.6 is 0 Å². The van der Waals surface area contributed by atoms with E-state index < -0.39 is 6.03 Å². The van der Waals surface area contributed by atoms with Crippen molar-refractivity contribution in [1.29, 1.82) is 0 Å². The highest BCUT2D eigenvalue weighted by Crippen LogP contribution is 2.15. The largest absolute Gasteiger partial charge is 0.491 e. The number of nitrogens with one attached hydrogen (secondary N) is 1. The molecule has 1 aromatic rings. The fraction of sp³-hybridized carbons (Fsp3) is 0.300. The summed E-state index contributed by atoms with van der Waals surface area (Å²) in [5.74, 6) is 0.724. The van der Waals surface area contributed by atoms with Crippen molar-refractivity contribution in [3.63, 3.8) is 0 Å². The number of urea groups is 1. The Kier molecular flexibility index (Phi) is 4.43. The zero-order chi connectivity index (χ0) is 11.1. The fourth-order valence-electron chi connectivity index (χ4n) is 1.02. The van der Waals surface area contributed by atoms with Gasteiger partial charge in [0.25, 0.3) is 0 Å². The van der Waals surface area contributed by atoms with Crippen molar-refractivity contribution >= 4 is 11.7 Å². The molecule has 0 aromatic heterocycles. The molecule has 1 aromatic carbocycles. The maximum Gasteiger partial charge on any atom is 0.316 e. The Morgan fingerprint density at radius 2 is 2.00 bits per heavy atom. The maximum absolute atomic E-state index is 10.5. The molecule has 0 aliphatic rings. The van der Waals surface area contributed by atoms with Gasteiger partial charge in [-0.3, -0.25) is 0 Å². The van der Waals surface area contributed by atoms with E-state index in [0.29, 0.717) is 18.9 Å². The molecule has 0 atom stereocenters. The molecule has 0 aliphatic carbocycles. The lowest BCUT2D eigenvalue weighted by Gasteiger charge is -2.06. The Labute approximate surface area is 88.2 Å². The summed E-state index contributed by atoms with van der Waals surface area (Å²) in [7, 11) is 1.61. The number of hydrogen-bond acceptors (Lipinski definition) is 3. The molecule has 0 bridgehead atoms. The highest BCUT2D eigenvalue weighted by atomic mass is 16.5. The van der Waals surface area contributed by atoms with Gasteiger partial charge >= 0.3 is 6.03 Å². The van der Waals surface area contributed by atoms with Gasteiger partial charge in [-0.1, -0.05) is 0 Å². The quantitative estimate of drug-likeness (QED) is 0.717. The number of carbonyl (C=O) groups excluding carboxylic acids is 1. The monoisotopic (exact) mass is 210 g/mol. The van der Waals surface area contributed by atoms with Crippen LogP contribution in [0.4, 0.5) is 10.5 Å². The van der Waals surface area contributed by atoms with Crippen molar-refractivity contribution in [2.24, 2.45) is 5.73 Å². The predicted octanol–water partition coefficient (Wildman–Crippen LogP) is 1.20. The number of amides is 2. The molecule has 0 saturated heterocycles. The van der Waals surface area contributed by atoms with Crippen LogP contribution in [-0.4, -0.2) is 26.4 Å². The first-order valence-electron chi connectivity index (χ1n) is 4.50. The first-order valence-corrected chi connectivity index (χ1v) is 4.50. The third-order valence-electron chi connectivity index (χ3n) is 1.68. The lowest BCUT2D eigenvalue weighted by molar-refractivity contribution is 0.146. The number of rotatable bonds is 5. The van der Waals surface area contributed by atoms with E-state index in [0.717, 1.165) is 5.75 Å². The Bertz CT molecular complexity index is 311. The summed E-state index contributed by atoms with van der Waals surface area (Å²) in [4.78, 5) is 10.5. The molecule has 0 aliphatic heterocycles. The van der Waals surface area contributed by atoms with Gasteiger partial charge in [0, 0.05) is 12.8 Å².